The van der Waals surface area contributed by atoms with Crippen molar-refractivity contribution >= 4 is 23.3 Å². The number of carbonyl (C=O) groups is 1. The Morgan fingerprint density at radius 2 is 2.08 bits per heavy atom. The minimum atomic E-state index is -1.07. The van der Waals surface area contributed by atoms with Crippen molar-refractivity contribution in [2.75, 3.05) is 0 Å². The summed E-state index contributed by atoms with van der Waals surface area (Å²) in [7, 11) is 0. The lowest BCUT2D eigenvalue weighted by Crippen LogP contribution is -2.25. The van der Waals surface area contributed by atoms with Gasteiger partial charge in [-0.1, -0.05) is 6.07 Å². The fourth-order valence-corrected chi connectivity index (χ4v) is 3.15. The topological polar surface area (TPSA) is 84.6 Å². The zero-order valence-corrected chi connectivity index (χ0v) is 13.3. The van der Waals surface area contributed by atoms with Crippen LogP contribution in [0.15, 0.2) is 47.5 Å². The molecule has 3 aromatic heterocycles. The number of nitrogens with zero attached hydrogens (tertiary/aromatic N) is 3. The van der Waals surface area contributed by atoms with Gasteiger partial charge in [-0.3, -0.25) is 14.2 Å². The SMILES string of the molecule is O=C(O)c1ccc2nc3c(c(=O)n2c1)CCC/C3=C/c1ccccn1. The van der Waals surface area contributed by atoms with E-state index in [-0.39, 0.29) is 11.1 Å². The Hall–Kier alpha value is -3.28. The molecular formula is C19H15N3O3. The molecule has 6 nitrogen and oxygen atoms in total. The summed E-state index contributed by atoms with van der Waals surface area (Å²) in [6, 6.07) is 8.71. The third-order valence-electron chi connectivity index (χ3n) is 4.35. The Bertz CT molecular complexity index is 1070. The van der Waals surface area contributed by atoms with E-state index < -0.39 is 5.97 Å². The van der Waals surface area contributed by atoms with Crippen molar-refractivity contribution in [3.05, 3.63) is 75.6 Å². The number of aromatic nitrogens is 3. The maximum absolute atomic E-state index is 12.8. The smallest absolute Gasteiger partial charge is 0.337 e. The highest BCUT2D eigenvalue weighted by Gasteiger charge is 2.21. The van der Waals surface area contributed by atoms with Crippen LogP contribution in [0.25, 0.3) is 17.3 Å². The van der Waals surface area contributed by atoms with Gasteiger partial charge in [0.1, 0.15) is 5.65 Å². The van der Waals surface area contributed by atoms with Crippen LogP contribution in [0.2, 0.25) is 0 Å². The molecule has 1 aliphatic carbocycles. The largest absolute Gasteiger partial charge is 0.478 e. The first-order chi connectivity index (χ1) is 12.1. The highest BCUT2D eigenvalue weighted by atomic mass is 16.4. The molecule has 4 rings (SSSR count). The van der Waals surface area contributed by atoms with E-state index >= 15 is 0 Å². The van der Waals surface area contributed by atoms with E-state index in [0.29, 0.717) is 23.3 Å². The van der Waals surface area contributed by atoms with Crippen LogP contribution in [0, 0.1) is 0 Å². The molecule has 0 amide bonds. The fourth-order valence-electron chi connectivity index (χ4n) is 3.15. The molecule has 0 bridgehead atoms. The van der Waals surface area contributed by atoms with E-state index in [9.17, 15) is 9.59 Å². The lowest BCUT2D eigenvalue weighted by atomic mass is 9.91. The fraction of sp³-hybridized carbons (Fsp3) is 0.158. The first-order valence-corrected chi connectivity index (χ1v) is 8.04. The quantitative estimate of drug-likeness (QED) is 0.779. The molecule has 25 heavy (non-hydrogen) atoms. The zero-order valence-electron chi connectivity index (χ0n) is 13.3. The second kappa shape index (κ2) is 5.98. The van der Waals surface area contributed by atoms with Crippen molar-refractivity contribution < 1.29 is 9.90 Å². The van der Waals surface area contributed by atoms with E-state index in [2.05, 4.69) is 9.97 Å². The molecule has 0 atom stereocenters. The van der Waals surface area contributed by atoms with Crippen LogP contribution in [0.5, 0.6) is 0 Å². The molecule has 0 spiro atoms. The van der Waals surface area contributed by atoms with Gasteiger partial charge in [-0.15, -0.1) is 0 Å². The van der Waals surface area contributed by atoms with Gasteiger partial charge in [0.2, 0.25) is 0 Å². The number of allylic oxidation sites excluding steroid dienone is 1. The van der Waals surface area contributed by atoms with Crippen molar-refractivity contribution in [3.63, 3.8) is 0 Å². The number of pyridine rings is 2. The van der Waals surface area contributed by atoms with Gasteiger partial charge >= 0.3 is 5.97 Å². The number of hydrogen-bond acceptors (Lipinski definition) is 4. The number of hydrogen-bond donors (Lipinski definition) is 1. The number of fused-ring (bicyclic) bond motifs is 2. The summed E-state index contributed by atoms with van der Waals surface area (Å²) in [6.45, 7) is 0. The van der Waals surface area contributed by atoms with Gasteiger partial charge in [-0.2, -0.15) is 0 Å². The van der Waals surface area contributed by atoms with Crippen molar-refractivity contribution in [2.24, 2.45) is 0 Å². The Kier molecular flexibility index (Phi) is 3.65. The Labute approximate surface area is 143 Å². The van der Waals surface area contributed by atoms with Crippen molar-refractivity contribution in [3.8, 4) is 0 Å². The lowest BCUT2D eigenvalue weighted by Gasteiger charge is -2.18. The van der Waals surface area contributed by atoms with Gasteiger partial charge in [-0.25, -0.2) is 9.78 Å². The van der Waals surface area contributed by atoms with E-state index in [1.807, 2.05) is 24.3 Å². The second-order valence-corrected chi connectivity index (χ2v) is 5.97. The van der Waals surface area contributed by atoms with Crippen LogP contribution in [0.4, 0.5) is 0 Å². The van der Waals surface area contributed by atoms with Gasteiger partial charge in [0.25, 0.3) is 5.56 Å². The van der Waals surface area contributed by atoms with E-state index in [1.165, 1.54) is 16.7 Å². The van der Waals surface area contributed by atoms with Crippen molar-refractivity contribution in [1.29, 1.82) is 0 Å². The average Bonchev–Trinajstić information content (AvgIpc) is 2.63. The minimum Gasteiger partial charge on any atom is -0.478 e. The molecule has 1 aliphatic rings. The summed E-state index contributed by atoms with van der Waals surface area (Å²) in [4.78, 5) is 32.9. The highest BCUT2D eigenvalue weighted by molar-refractivity contribution is 5.87. The molecule has 0 fully saturated rings. The number of aromatic carboxylic acids is 1. The first kappa shape index (κ1) is 15.3. The molecule has 0 unspecified atom stereocenters. The predicted octanol–water partition coefficient (Wildman–Crippen LogP) is 2.66. The molecule has 6 heteroatoms. The first-order valence-electron chi connectivity index (χ1n) is 8.04. The van der Waals surface area contributed by atoms with Gasteiger partial charge in [0, 0.05) is 18.0 Å². The molecule has 0 saturated carbocycles. The summed E-state index contributed by atoms with van der Waals surface area (Å²) < 4.78 is 1.33. The van der Waals surface area contributed by atoms with Gasteiger partial charge in [0.15, 0.2) is 0 Å². The molecule has 0 saturated heterocycles. The summed E-state index contributed by atoms with van der Waals surface area (Å²) in [5, 5.41) is 9.13. The molecule has 1 N–H and O–H groups in total. The van der Waals surface area contributed by atoms with Crippen LogP contribution in [-0.4, -0.2) is 25.4 Å². The van der Waals surface area contributed by atoms with Crippen LogP contribution >= 0.6 is 0 Å². The maximum atomic E-state index is 12.8. The summed E-state index contributed by atoms with van der Waals surface area (Å²) in [6.07, 6.45) is 7.36. The maximum Gasteiger partial charge on any atom is 0.337 e. The Morgan fingerprint density at radius 3 is 2.84 bits per heavy atom. The Balaban J connectivity index is 1.92. The zero-order chi connectivity index (χ0) is 17.4. The molecule has 0 aromatic carbocycles. The number of carboxylic acids is 1. The second-order valence-electron chi connectivity index (χ2n) is 5.97. The predicted molar refractivity (Wildman–Crippen MR) is 93.5 cm³/mol. The van der Waals surface area contributed by atoms with E-state index in [4.69, 9.17) is 5.11 Å². The summed E-state index contributed by atoms with van der Waals surface area (Å²) >= 11 is 0. The molecule has 3 heterocycles. The van der Waals surface area contributed by atoms with Gasteiger partial charge in [0.05, 0.1) is 17.0 Å². The van der Waals surface area contributed by atoms with Crippen LogP contribution < -0.4 is 5.56 Å². The number of carboxylic acid groups (broad SMARTS) is 1. The standard InChI is InChI=1S/C19H15N3O3/c23-18-15-6-3-4-12(10-14-5-1-2-9-20-14)17(15)21-16-8-7-13(19(24)25)11-22(16)18/h1-2,5,7-11H,3-4,6H2,(H,24,25)/b12-10-. The monoisotopic (exact) mass is 333 g/mol. The average molecular weight is 333 g/mol. The third-order valence-corrected chi connectivity index (χ3v) is 4.35. The van der Waals surface area contributed by atoms with E-state index in [0.717, 1.165) is 24.1 Å². The van der Waals surface area contributed by atoms with Gasteiger partial charge in [-0.05, 0) is 55.2 Å². The van der Waals surface area contributed by atoms with Crippen LogP contribution in [-0.2, 0) is 6.42 Å². The van der Waals surface area contributed by atoms with E-state index in [1.54, 1.807) is 12.3 Å². The normalized spacial score (nSPS) is 15.3. The molecule has 0 radical (unpaired) electrons. The van der Waals surface area contributed by atoms with Crippen molar-refractivity contribution in [1.82, 2.24) is 14.4 Å². The Morgan fingerprint density at radius 1 is 1.20 bits per heavy atom. The third kappa shape index (κ3) is 2.71. The summed E-state index contributed by atoms with van der Waals surface area (Å²) in [5.74, 6) is -1.07. The molecule has 124 valence electrons. The molecular weight excluding hydrogens is 318 g/mol. The van der Waals surface area contributed by atoms with Crippen LogP contribution in [0.1, 0.15) is 40.2 Å². The summed E-state index contributed by atoms with van der Waals surface area (Å²) in [5.41, 5.74) is 3.46. The lowest BCUT2D eigenvalue weighted by molar-refractivity contribution is 0.0696. The van der Waals surface area contributed by atoms with Gasteiger partial charge < -0.3 is 5.11 Å². The highest BCUT2D eigenvalue weighted by Crippen LogP contribution is 2.29. The van der Waals surface area contributed by atoms with Crippen LogP contribution in [0.3, 0.4) is 0 Å². The number of rotatable bonds is 2. The minimum absolute atomic E-state index is 0.0661. The molecule has 0 aliphatic heterocycles. The van der Waals surface area contributed by atoms with Crippen molar-refractivity contribution in [2.45, 2.75) is 19.3 Å². The molecule has 3 aromatic rings.